The molecule has 0 bridgehead atoms. The molecule has 116 valence electrons. The normalized spacial score (nSPS) is 16.8. The fourth-order valence-electron chi connectivity index (χ4n) is 2.03. The van der Waals surface area contributed by atoms with Crippen LogP contribution in [0.4, 0.5) is 13.6 Å². The molecule has 1 saturated heterocycles. The molecule has 0 saturated carbocycles. The smallest absolute Gasteiger partial charge is 0.409 e. The fourth-order valence-corrected chi connectivity index (χ4v) is 3.46. The van der Waals surface area contributed by atoms with E-state index in [1.807, 2.05) is 0 Å². The summed E-state index contributed by atoms with van der Waals surface area (Å²) in [6, 6.07) is 2.44. The van der Waals surface area contributed by atoms with Gasteiger partial charge in [0, 0.05) is 26.2 Å². The summed E-state index contributed by atoms with van der Waals surface area (Å²) in [7, 11) is -2.67. The minimum atomic E-state index is -3.91. The number of benzene rings is 1. The average molecular weight is 320 g/mol. The number of amides is 1. The number of hydrogen-bond donors (Lipinski definition) is 0. The summed E-state index contributed by atoms with van der Waals surface area (Å²) < 4.78 is 56.3. The predicted octanol–water partition coefficient (Wildman–Crippen LogP) is 1.04. The van der Waals surface area contributed by atoms with Crippen molar-refractivity contribution in [3.05, 3.63) is 29.8 Å². The van der Waals surface area contributed by atoms with Crippen molar-refractivity contribution in [1.29, 1.82) is 0 Å². The highest BCUT2D eigenvalue weighted by Crippen LogP contribution is 2.20. The van der Waals surface area contributed by atoms with E-state index in [0.29, 0.717) is 6.07 Å². The fraction of sp³-hybridized carbons (Fsp3) is 0.417. The highest BCUT2D eigenvalue weighted by molar-refractivity contribution is 7.89. The van der Waals surface area contributed by atoms with Crippen LogP contribution in [0.15, 0.2) is 23.1 Å². The molecule has 1 aliphatic heterocycles. The van der Waals surface area contributed by atoms with Gasteiger partial charge in [-0.1, -0.05) is 0 Å². The molecule has 0 N–H and O–H groups in total. The topological polar surface area (TPSA) is 66.9 Å². The molecule has 0 atom stereocenters. The summed E-state index contributed by atoms with van der Waals surface area (Å²) in [5.74, 6) is -2.33. The number of rotatable bonds is 2. The largest absolute Gasteiger partial charge is 0.453 e. The first-order chi connectivity index (χ1) is 9.86. The molecule has 1 amide bonds. The lowest BCUT2D eigenvalue weighted by atomic mass is 10.3. The van der Waals surface area contributed by atoms with Crippen LogP contribution in [0.5, 0.6) is 0 Å². The summed E-state index contributed by atoms with van der Waals surface area (Å²) >= 11 is 0. The number of nitrogens with zero attached hydrogens (tertiary/aromatic N) is 2. The lowest BCUT2D eigenvalue weighted by Gasteiger charge is -2.33. The molecular formula is C12H14F2N2O4S. The molecule has 0 spiro atoms. The quantitative estimate of drug-likeness (QED) is 0.816. The second-order valence-corrected chi connectivity index (χ2v) is 6.38. The van der Waals surface area contributed by atoms with Crippen molar-refractivity contribution in [2.45, 2.75) is 4.90 Å². The van der Waals surface area contributed by atoms with Gasteiger partial charge >= 0.3 is 6.09 Å². The third-order valence-corrected chi connectivity index (χ3v) is 5.09. The maximum absolute atomic E-state index is 13.2. The van der Waals surface area contributed by atoms with E-state index in [9.17, 15) is 22.0 Å². The van der Waals surface area contributed by atoms with Crippen LogP contribution >= 0.6 is 0 Å². The van der Waals surface area contributed by atoms with Crippen molar-refractivity contribution in [1.82, 2.24) is 9.21 Å². The first-order valence-corrected chi connectivity index (χ1v) is 7.58. The van der Waals surface area contributed by atoms with Gasteiger partial charge in [0.15, 0.2) is 11.6 Å². The molecule has 2 rings (SSSR count). The molecule has 1 heterocycles. The zero-order valence-electron chi connectivity index (χ0n) is 11.3. The predicted molar refractivity (Wildman–Crippen MR) is 69.1 cm³/mol. The van der Waals surface area contributed by atoms with Gasteiger partial charge in [-0.2, -0.15) is 4.31 Å². The maximum Gasteiger partial charge on any atom is 0.409 e. The third-order valence-electron chi connectivity index (χ3n) is 3.20. The maximum atomic E-state index is 13.2. The Morgan fingerprint density at radius 2 is 1.76 bits per heavy atom. The molecule has 21 heavy (non-hydrogen) atoms. The summed E-state index contributed by atoms with van der Waals surface area (Å²) in [5, 5.41) is 0. The Labute approximate surface area is 121 Å². The number of sulfonamides is 1. The number of carbonyl (C=O) groups excluding carboxylic acids is 1. The summed E-state index contributed by atoms with van der Waals surface area (Å²) in [6.45, 7) is 0.484. The number of ether oxygens (including phenoxy) is 1. The number of hydrogen-bond acceptors (Lipinski definition) is 4. The van der Waals surface area contributed by atoms with E-state index >= 15 is 0 Å². The number of methoxy groups -OCH3 is 1. The zero-order chi connectivity index (χ0) is 15.6. The van der Waals surface area contributed by atoms with Gasteiger partial charge in [-0.3, -0.25) is 0 Å². The Hall–Kier alpha value is -1.74. The van der Waals surface area contributed by atoms with Gasteiger partial charge in [-0.15, -0.1) is 0 Å². The van der Waals surface area contributed by atoms with Crippen molar-refractivity contribution < 1.29 is 26.7 Å². The summed E-state index contributed by atoms with van der Waals surface area (Å²) in [5.41, 5.74) is 0. The first kappa shape index (κ1) is 15.6. The van der Waals surface area contributed by atoms with Crippen LogP contribution in [0.1, 0.15) is 0 Å². The summed E-state index contributed by atoms with van der Waals surface area (Å²) in [6.07, 6.45) is -0.528. The van der Waals surface area contributed by atoms with Crippen molar-refractivity contribution in [3.8, 4) is 0 Å². The molecule has 6 nitrogen and oxygen atoms in total. The molecule has 1 aromatic carbocycles. The van der Waals surface area contributed by atoms with Crippen LogP contribution in [0.25, 0.3) is 0 Å². The molecular weight excluding hydrogens is 306 g/mol. The minimum Gasteiger partial charge on any atom is -0.453 e. The third kappa shape index (κ3) is 3.13. The highest BCUT2D eigenvalue weighted by atomic mass is 32.2. The van der Waals surface area contributed by atoms with E-state index in [2.05, 4.69) is 4.74 Å². The number of carbonyl (C=O) groups is 1. The van der Waals surface area contributed by atoms with Crippen molar-refractivity contribution in [2.24, 2.45) is 0 Å². The molecule has 0 unspecified atom stereocenters. The monoisotopic (exact) mass is 320 g/mol. The van der Waals surface area contributed by atoms with Gasteiger partial charge in [0.25, 0.3) is 0 Å². The molecule has 0 radical (unpaired) electrons. The van der Waals surface area contributed by atoms with E-state index in [-0.39, 0.29) is 31.1 Å². The van der Waals surface area contributed by atoms with Gasteiger partial charge < -0.3 is 9.64 Å². The Kier molecular flexibility index (Phi) is 4.43. The zero-order valence-corrected chi connectivity index (χ0v) is 12.1. The Morgan fingerprint density at radius 1 is 1.14 bits per heavy atom. The van der Waals surface area contributed by atoms with Crippen molar-refractivity contribution >= 4 is 16.1 Å². The van der Waals surface area contributed by atoms with Crippen molar-refractivity contribution in [3.63, 3.8) is 0 Å². The van der Waals surface area contributed by atoms with Crippen LogP contribution in [-0.2, 0) is 14.8 Å². The Balaban J connectivity index is 2.14. The second-order valence-electron chi connectivity index (χ2n) is 4.44. The molecule has 9 heteroatoms. The standard InChI is InChI=1S/C12H14F2N2O4S/c1-20-12(17)15-4-6-16(7-5-15)21(18,19)9-2-3-10(13)11(14)8-9/h2-3,8H,4-7H2,1H3. The van der Waals surface area contributed by atoms with Gasteiger partial charge in [0.1, 0.15) is 0 Å². The van der Waals surface area contributed by atoms with Crippen molar-refractivity contribution in [2.75, 3.05) is 33.3 Å². The minimum absolute atomic E-state index is 0.0659. The van der Waals surface area contributed by atoms with Crippen LogP contribution in [0, 0.1) is 11.6 Å². The SMILES string of the molecule is COC(=O)N1CCN(S(=O)(=O)c2ccc(F)c(F)c2)CC1. The molecule has 1 fully saturated rings. The van der Waals surface area contributed by atoms with E-state index in [0.717, 1.165) is 16.4 Å². The van der Waals surface area contributed by atoms with Crippen LogP contribution in [-0.4, -0.2) is 57.0 Å². The van der Waals surface area contributed by atoms with E-state index in [4.69, 9.17) is 0 Å². The Bertz CT molecular complexity index is 643. The van der Waals surface area contributed by atoms with E-state index < -0.39 is 27.8 Å². The number of piperazine rings is 1. The second kappa shape index (κ2) is 5.94. The van der Waals surface area contributed by atoms with Crippen LogP contribution < -0.4 is 0 Å². The summed E-state index contributed by atoms with van der Waals surface area (Å²) in [4.78, 5) is 12.4. The molecule has 1 aromatic rings. The molecule has 0 aliphatic carbocycles. The first-order valence-electron chi connectivity index (χ1n) is 6.14. The highest BCUT2D eigenvalue weighted by Gasteiger charge is 2.30. The van der Waals surface area contributed by atoms with E-state index in [1.54, 1.807) is 0 Å². The van der Waals surface area contributed by atoms with Gasteiger partial charge in [0.2, 0.25) is 10.0 Å². The van der Waals surface area contributed by atoms with Gasteiger partial charge in [0.05, 0.1) is 12.0 Å². The van der Waals surface area contributed by atoms with Gasteiger partial charge in [-0.05, 0) is 18.2 Å². The number of halogens is 2. The van der Waals surface area contributed by atoms with Crippen LogP contribution in [0.2, 0.25) is 0 Å². The Morgan fingerprint density at radius 3 is 2.29 bits per heavy atom. The van der Waals surface area contributed by atoms with E-state index in [1.165, 1.54) is 12.0 Å². The molecule has 0 aromatic heterocycles. The lowest BCUT2D eigenvalue weighted by Crippen LogP contribution is -2.50. The molecule has 1 aliphatic rings. The average Bonchev–Trinajstić information content (AvgIpc) is 2.49. The lowest BCUT2D eigenvalue weighted by molar-refractivity contribution is 0.108. The van der Waals surface area contributed by atoms with Crippen LogP contribution in [0.3, 0.4) is 0 Å². The van der Waals surface area contributed by atoms with Gasteiger partial charge in [-0.25, -0.2) is 22.0 Å².